The fourth-order valence-electron chi connectivity index (χ4n) is 1.37. The van der Waals surface area contributed by atoms with Crippen LogP contribution in [0, 0.1) is 11.6 Å². The van der Waals surface area contributed by atoms with E-state index in [1.54, 1.807) is 0 Å². The topological polar surface area (TPSA) is 134 Å². The highest BCUT2D eigenvalue weighted by Crippen LogP contribution is 2.20. The number of amides is 1. The van der Waals surface area contributed by atoms with Gasteiger partial charge in [0.05, 0.1) is 11.3 Å². The van der Waals surface area contributed by atoms with Crippen LogP contribution in [-0.2, 0) is 0 Å². The minimum Gasteiger partial charge on any atom is -0.478 e. The maximum atomic E-state index is 13.5. The molecule has 2 rings (SSSR count). The highest BCUT2D eigenvalue weighted by atomic mass is 19.1. The number of anilines is 2. The first kappa shape index (κ1) is 13.4. The maximum Gasteiger partial charge on any atom is 0.338 e. The number of nitrogen functional groups attached to an aromatic ring is 1. The summed E-state index contributed by atoms with van der Waals surface area (Å²) < 4.78 is 26.6. The maximum absolute atomic E-state index is 13.5. The largest absolute Gasteiger partial charge is 0.478 e. The molecule has 0 fully saturated rings. The average molecular weight is 283 g/mol. The number of carboxylic acids is 1. The normalized spacial score (nSPS) is 10.3. The number of rotatable bonds is 3. The number of aromatic carboxylic acids is 1. The Labute approximate surface area is 109 Å². The lowest BCUT2D eigenvalue weighted by atomic mass is 10.2. The first-order valence-electron chi connectivity index (χ1n) is 5.10. The first-order chi connectivity index (χ1) is 9.38. The zero-order chi connectivity index (χ0) is 14.9. The Morgan fingerprint density at radius 1 is 1.30 bits per heavy atom. The van der Waals surface area contributed by atoms with Crippen LogP contribution >= 0.6 is 0 Å². The number of hydrogen-bond acceptors (Lipinski definition) is 5. The van der Waals surface area contributed by atoms with Crippen LogP contribution in [-0.4, -0.2) is 32.2 Å². The molecule has 0 atom stereocenters. The van der Waals surface area contributed by atoms with E-state index in [2.05, 4.69) is 15.2 Å². The predicted octanol–water partition coefficient (Wildman–Crippen LogP) is 0.616. The Hall–Kier alpha value is -3.04. The van der Waals surface area contributed by atoms with Crippen molar-refractivity contribution < 1.29 is 23.5 Å². The van der Waals surface area contributed by atoms with Crippen molar-refractivity contribution in [2.45, 2.75) is 0 Å². The zero-order valence-corrected chi connectivity index (χ0v) is 9.65. The van der Waals surface area contributed by atoms with E-state index in [1.807, 2.05) is 5.32 Å². The van der Waals surface area contributed by atoms with Crippen molar-refractivity contribution >= 4 is 23.5 Å². The van der Waals surface area contributed by atoms with Gasteiger partial charge < -0.3 is 16.2 Å². The molecule has 0 unspecified atom stereocenters. The molecule has 0 spiro atoms. The third-order valence-corrected chi connectivity index (χ3v) is 2.25. The Kier molecular flexibility index (Phi) is 3.29. The van der Waals surface area contributed by atoms with Gasteiger partial charge in [-0.1, -0.05) is 0 Å². The molecular weight excluding hydrogens is 276 g/mol. The molecule has 104 valence electrons. The minimum absolute atomic E-state index is 0.194. The third-order valence-electron chi connectivity index (χ3n) is 2.25. The monoisotopic (exact) mass is 283 g/mol. The lowest BCUT2D eigenvalue weighted by Crippen LogP contribution is -2.16. The molecular formula is C10H7F2N5O3. The van der Waals surface area contributed by atoms with Gasteiger partial charge >= 0.3 is 5.97 Å². The number of carboxylic acid groups (broad SMARTS) is 1. The number of aromatic amines is 1. The highest BCUT2D eigenvalue weighted by Gasteiger charge is 2.18. The summed E-state index contributed by atoms with van der Waals surface area (Å²) >= 11 is 0. The second-order valence-electron chi connectivity index (χ2n) is 3.61. The van der Waals surface area contributed by atoms with Gasteiger partial charge in [0.25, 0.3) is 5.91 Å². The number of halogens is 2. The van der Waals surface area contributed by atoms with Crippen molar-refractivity contribution in [3.8, 4) is 0 Å². The Bertz CT molecular complexity index is 700. The molecule has 1 aromatic heterocycles. The van der Waals surface area contributed by atoms with Crippen LogP contribution in [0.25, 0.3) is 0 Å². The lowest BCUT2D eigenvalue weighted by Gasteiger charge is -2.06. The SMILES string of the molecule is Nc1n[nH]c(C(=O)Nc2cc(C(=O)O)c(F)cc2F)n1. The van der Waals surface area contributed by atoms with Gasteiger partial charge in [0.1, 0.15) is 11.6 Å². The first-order valence-corrected chi connectivity index (χ1v) is 5.10. The molecule has 5 N–H and O–H groups in total. The van der Waals surface area contributed by atoms with Crippen LogP contribution < -0.4 is 11.1 Å². The Balaban J connectivity index is 2.31. The molecule has 1 heterocycles. The Morgan fingerprint density at radius 3 is 2.55 bits per heavy atom. The number of carbonyl (C=O) groups excluding carboxylic acids is 1. The van der Waals surface area contributed by atoms with E-state index in [0.29, 0.717) is 12.1 Å². The fraction of sp³-hybridized carbons (Fsp3) is 0. The summed E-state index contributed by atoms with van der Waals surface area (Å²) in [5, 5.41) is 16.3. The van der Waals surface area contributed by atoms with Crippen LogP contribution in [0.15, 0.2) is 12.1 Å². The fourth-order valence-corrected chi connectivity index (χ4v) is 1.37. The molecule has 8 nitrogen and oxygen atoms in total. The molecule has 0 aliphatic carbocycles. The summed E-state index contributed by atoms with van der Waals surface area (Å²) in [5.41, 5.74) is 3.90. The smallest absolute Gasteiger partial charge is 0.338 e. The summed E-state index contributed by atoms with van der Waals surface area (Å²) in [6, 6.07) is 1.01. The third kappa shape index (κ3) is 2.53. The van der Waals surface area contributed by atoms with E-state index in [-0.39, 0.29) is 11.8 Å². The molecule has 2 aromatic rings. The van der Waals surface area contributed by atoms with E-state index < -0.39 is 34.8 Å². The van der Waals surface area contributed by atoms with Gasteiger partial charge in [-0.2, -0.15) is 4.98 Å². The molecule has 20 heavy (non-hydrogen) atoms. The van der Waals surface area contributed by atoms with Crippen molar-refractivity contribution in [2.75, 3.05) is 11.1 Å². The molecule has 0 bridgehead atoms. The number of carbonyl (C=O) groups is 2. The Morgan fingerprint density at radius 2 is 2.00 bits per heavy atom. The van der Waals surface area contributed by atoms with Crippen molar-refractivity contribution in [3.63, 3.8) is 0 Å². The number of H-pyrrole nitrogens is 1. The molecule has 0 saturated heterocycles. The molecule has 0 saturated carbocycles. The van der Waals surface area contributed by atoms with E-state index in [9.17, 15) is 18.4 Å². The van der Waals surface area contributed by atoms with Crippen LogP contribution in [0.1, 0.15) is 21.0 Å². The average Bonchev–Trinajstić information content (AvgIpc) is 2.79. The molecule has 0 radical (unpaired) electrons. The molecule has 1 aromatic carbocycles. The van der Waals surface area contributed by atoms with Crippen LogP contribution in [0.2, 0.25) is 0 Å². The molecule has 10 heteroatoms. The van der Waals surface area contributed by atoms with E-state index in [4.69, 9.17) is 10.8 Å². The second kappa shape index (κ2) is 4.91. The van der Waals surface area contributed by atoms with Gasteiger partial charge in [0, 0.05) is 6.07 Å². The van der Waals surface area contributed by atoms with Gasteiger partial charge in [-0.25, -0.2) is 13.6 Å². The standard InChI is InChI=1S/C10H7F2N5O3/c11-4-2-5(12)6(1-3(4)9(19)20)14-8(18)7-15-10(13)17-16-7/h1-2H,(H,14,18)(H,19,20)(H3,13,15,16,17). The van der Waals surface area contributed by atoms with Crippen molar-refractivity contribution in [2.24, 2.45) is 0 Å². The molecule has 1 amide bonds. The van der Waals surface area contributed by atoms with E-state index in [1.165, 1.54) is 0 Å². The van der Waals surface area contributed by atoms with Crippen LogP contribution in [0.5, 0.6) is 0 Å². The lowest BCUT2D eigenvalue weighted by molar-refractivity contribution is 0.0691. The molecule has 0 aliphatic heterocycles. The van der Waals surface area contributed by atoms with Crippen molar-refractivity contribution in [3.05, 3.63) is 35.2 Å². The number of aromatic nitrogens is 3. The quantitative estimate of drug-likeness (QED) is 0.652. The van der Waals surface area contributed by atoms with Gasteiger partial charge in [-0.15, -0.1) is 5.10 Å². The summed E-state index contributed by atoms with van der Waals surface area (Å²) in [6.45, 7) is 0. The summed E-state index contributed by atoms with van der Waals surface area (Å²) in [5.74, 6) is -5.38. The number of hydrogen-bond donors (Lipinski definition) is 4. The van der Waals surface area contributed by atoms with Crippen molar-refractivity contribution in [1.82, 2.24) is 15.2 Å². The number of nitrogens with zero attached hydrogens (tertiary/aromatic N) is 2. The number of nitrogens with two attached hydrogens (primary N) is 1. The van der Waals surface area contributed by atoms with Crippen LogP contribution in [0.3, 0.4) is 0 Å². The summed E-state index contributed by atoms with van der Waals surface area (Å²) in [6.07, 6.45) is 0. The highest BCUT2D eigenvalue weighted by molar-refractivity contribution is 6.02. The van der Waals surface area contributed by atoms with Crippen LogP contribution in [0.4, 0.5) is 20.4 Å². The number of nitrogens with one attached hydrogen (secondary N) is 2. The van der Waals surface area contributed by atoms with E-state index >= 15 is 0 Å². The van der Waals surface area contributed by atoms with Gasteiger partial charge in [0.2, 0.25) is 11.8 Å². The zero-order valence-electron chi connectivity index (χ0n) is 9.65. The van der Waals surface area contributed by atoms with E-state index in [0.717, 1.165) is 0 Å². The van der Waals surface area contributed by atoms with Gasteiger partial charge in [0.15, 0.2) is 0 Å². The summed E-state index contributed by atoms with van der Waals surface area (Å²) in [4.78, 5) is 25.9. The van der Waals surface area contributed by atoms with Gasteiger partial charge in [-0.05, 0) is 6.07 Å². The molecule has 0 aliphatic rings. The summed E-state index contributed by atoms with van der Waals surface area (Å²) in [7, 11) is 0. The van der Waals surface area contributed by atoms with Crippen molar-refractivity contribution in [1.29, 1.82) is 0 Å². The van der Waals surface area contributed by atoms with Gasteiger partial charge in [-0.3, -0.25) is 9.89 Å². The predicted molar refractivity (Wildman–Crippen MR) is 62.1 cm³/mol. The minimum atomic E-state index is -1.60. The number of benzene rings is 1. The second-order valence-corrected chi connectivity index (χ2v) is 3.61.